The highest BCUT2D eigenvalue weighted by Gasteiger charge is 2.39. The second-order valence-electron chi connectivity index (χ2n) is 6.87. The quantitative estimate of drug-likeness (QED) is 0.523. The van der Waals surface area contributed by atoms with Crippen LogP contribution in [0.5, 0.6) is 0 Å². The summed E-state index contributed by atoms with van der Waals surface area (Å²) in [6, 6.07) is 0. The first kappa shape index (κ1) is 14.4. The van der Waals surface area contributed by atoms with Crippen LogP contribution in [0.1, 0.15) is 64.7 Å². The van der Waals surface area contributed by atoms with Crippen LogP contribution >= 0.6 is 11.8 Å². The van der Waals surface area contributed by atoms with E-state index in [-0.39, 0.29) is 0 Å². The maximum absolute atomic E-state index is 2.36. The molecular formula is C17H29S2+. The second kappa shape index (κ2) is 6.93. The number of hydrogen-bond acceptors (Lipinski definition) is 1. The van der Waals surface area contributed by atoms with Gasteiger partial charge in [-0.3, -0.25) is 0 Å². The molecule has 2 heteroatoms. The number of fused-ring (bicyclic) bond motifs is 1. The molecule has 0 N–H and O–H groups in total. The van der Waals surface area contributed by atoms with Crippen LogP contribution in [-0.2, 0) is 11.4 Å². The van der Waals surface area contributed by atoms with Crippen molar-refractivity contribution in [3.05, 3.63) is 0 Å². The Bertz CT molecular complexity index is 323. The highest BCUT2D eigenvalue weighted by Crippen LogP contribution is 2.46. The predicted molar refractivity (Wildman–Crippen MR) is 90.9 cm³/mol. The standard InChI is InChI=1S/C17H29S2/c1-2-4-13-5-6-15-12-16(8-7-14(15)11-13)17-18-9-3-10-19-17/h13-16H,2-12H2,1H3/q+1/t13-,14-,15+,16+/m0/s1. The van der Waals surface area contributed by atoms with E-state index in [1.807, 2.05) is 4.20 Å². The molecule has 0 amide bonds. The maximum atomic E-state index is 2.36. The fraction of sp³-hybridized carbons (Fsp3) is 0.941. The summed E-state index contributed by atoms with van der Waals surface area (Å²) >= 11 is 4.39. The molecule has 0 saturated heterocycles. The van der Waals surface area contributed by atoms with Gasteiger partial charge < -0.3 is 0 Å². The number of rotatable bonds is 3. The Kier molecular flexibility index (Phi) is 5.25. The first-order valence-corrected chi connectivity index (χ1v) is 10.5. The summed E-state index contributed by atoms with van der Waals surface area (Å²) in [5.41, 5.74) is 0. The van der Waals surface area contributed by atoms with Crippen molar-refractivity contribution < 1.29 is 0 Å². The van der Waals surface area contributed by atoms with Crippen molar-refractivity contribution in [1.29, 1.82) is 0 Å². The van der Waals surface area contributed by atoms with E-state index in [1.54, 1.807) is 25.7 Å². The molecule has 0 bridgehead atoms. The minimum absolute atomic E-state index is 0.972. The summed E-state index contributed by atoms with van der Waals surface area (Å²) in [6.45, 7) is 2.36. The summed E-state index contributed by atoms with van der Waals surface area (Å²) in [5.74, 6) is 7.02. The summed E-state index contributed by atoms with van der Waals surface area (Å²) in [5, 5.41) is 0. The Balaban J connectivity index is 1.55. The van der Waals surface area contributed by atoms with Crippen LogP contribution in [0.2, 0.25) is 0 Å². The molecule has 19 heavy (non-hydrogen) atoms. The molecule has 0 aromatic heterocycles. The lowest BCUT2D eigenvalue weighted by atomic mass is 9.64. The van der Waals surface area contributed by atoms with Crippen molar-refractivity contribution >= 4 is 27.3 Å². The molecule has 0 nitrogen and oxygen atoms in total. The minimum atomic E-state index is 0.972. The molecule has 4 atom stereocenters. The summed E-state index contributed by atoms with van der Waals surface area (Å²) < 4.78 is 1.82. The topological polar surface area (TPSA) is 0 Å². The van der Waals surface area contributed by atoms with E-state index >= 15 is 0 Å². The van der Waals surface area contributed by atoms with Gasteiger partial charge in [-0.1, -0.05) is 37.9 Å². The zero-order valence-corrected chi connectivity index (χ0v) is 14.0. The van der Waals surface area contributed by atoms with Crippen LogP contribution in [0.3, 0.4) is 0 Å². The Morgan fingerprint density at radius 2 is 1.95 bits per heavy atom. The van der Waals surface area contributed by atoms with Gasteiger partial charge in [0, 0.05) is 18.1 Å². The zero-order chi connectivity index (χ0) is 13.1. The van der Waals surface area contributed by atoms with Crippen molar-refractivity contribution in [2.75, 3.05) is 11.5 Å². The molecule has 0 radical (unpaired) electrons. The van der Waals surface area contributed by atoms with E-state index in [0.29, 0.717) is 0 Å². The molecule has 1 heterocycles. The third-order valence-electron chi connectivity index (χ3n) is 5.53. The average molecular weight is 298 g/mol. The average Bonchev–Trinajstić information content (AvgIpc) is 2.48. The first-order valence-electron chi connectivity index (χ1n) is 8.49. The Morgan fingerprint density at radius 1 is 1.11 bits per heavy atom. The molecular weight excluding hydrogens is 268 g/mol. The van der Waals surface area contributed by atoms with Crippen LogP contribution in [0, 0.1) is 23.7 Å². The summed E-state index contributed by atoms with van der Waals surface area (Å²) in [4.78, 5) is 0. The first-order chi connectivity index (χ1) is 9.36. The Labute approximate surface area is 127 Å². The fourth-order valence-corrected chi connectivity index (χ4v) is 7.45. The van der Waals surface area contributed by atoms with Gasteiger partial charge in [0.25, 0.3) is 0 Å². The van der Waals surface area contributed by atoms with Gasteiger partial charge in [0.15, 0.2) is 17.1 Å². The largest absolute Gasteiger partial charge is 0.237 e. The monoisotopic (exact) mass is 297 g/mol. The third kappa shape index (κ3) is 3.56. The predicted octanol–water partition coefficient (Wildman–Crippen LogP) is 4.97. The van der Waals surface area contributed by atoms with Crippen LogP contribution < -0.4 is 0 Å². The molecule has 0 spiro atoms. The van der Waals surface area contributed by atoms with Gasteiger partial charge >= 0.3 is 0 Å². The summed E-state index contributed by atoms with van der Waals surface area (Å²) in [7, 11) is 0. The van der Waals surface area contributed by atoms with Gasteiger partial charge in [-0.2, -0.15) is 0 Å². The lowest BCUT2D eigenvalue weighted by molar-refractivity contribution is 0.113. The van der Waals surface area contributed by atoms with Crippen molar-refractivity contribution in [3.8, 4) is 0 Å². The van der Waals surface area contributed by atoms with E-state index in [1.165, 1.54) is 43.6 Å². The fourth-order valence-electron chi connectivity index (χ4n) is 4.55. The van der Waals surface area contributed by atoms with Crippen molar-refractivity contribution in [1.82, 2.24) is 0 Å². The molecule has 2 saturated carbocycles. The van der Waals surface area contributed by atoms with Crippen molar-refractivity contribution in [3.63, 3.8) is 0 Å². The molecule has 0 aromatic carbocycles. The lowest BCUT2D eigenvalue weighted by Crippen LogP contribution is -2.33. The normalized spacial score (nSPS) is 39.5. The van der Waals surface area contributed by atoms with E-state index in [9.17, 15) is 0 Å². The third-order valence-corrected chi connectivity index (χ3v) is 8.46. The number of thioether (sulfide) groups is 1. The highest BCUT2D eigenvalue weighted by molar-refractivity contribution is 8.23. The summed E-state index contributed by atoms with van der Waals surface area (Å²) in [6.07, 6.45) is 13.6. The van der Waals surface area contributed by atoms with E-state index in [2.05, 4.69) is 30.0 Å². The van der Waals surface area contributed by atoms with Crippen LogP contribution in [0.4, 0.5) is 0 Å². The van der Waals surface area contributed by atoms with E-state index in [0.717, 1.165) is 23.7 Å². The van der Waals surface area contributed by atoms with Gasteiger partial charge in [-0.05, 0) is 49.9 Å². The number of hydrogen-bond donors (Lipinski definition) is 0. The Hall–Kier alpha value is 0.440. The molecule has 0 aromatic rings. The van der Waals surface area contributed by atoms with Crippen LogP contribution in [-0.4, -0.2) is 15.7 Å². The van der Waals surface area contributed by atoms with Gasteiger partial charge in [0.05, 0.1) is 0 Å². The maximum Gasteiger partial charge on any atom is 0.237 e. The molecule has 2 fully saturated rings. The SMILES string of the molecule is CCC[C@H]1CC[C@@H]2C[C@H](C3=[S+]CCCS3)CC[C@H]2C1. The van der Waals surface area contributed by atoms with E-state index < -0.39 is 0 Å². The Morgan fingerprint density at radius 3 is 2.74 bits per heavy atom. The minimum Gasteiger partial charge on any atom is -0.0694 e. The smallest absolute Gasteiger partial charge is 0.0694 e. The second-order valence-corrected chi connectivity index (χ2v) is 9.40. The molecule has 3 rings (SSSR count). The van der Waals surface area contributed by atoms with Crippen LogP contribution in [0.25, 0.3) is 0 Å². The van der Waals surface area contributed by atoms with Gasteiger partial charge in [-0.25, -0.2) is 0 Å². The van der Waals surface area contributed by atoms with Gasteiger partial charge in [-0.15, -0.1) is 0 Å². The molecule has 108 valence electrons. The van der Waals surface area contributed by atoms with Gasteiger partial charge in [0.2, 0.25) is 4.20 Å². The lowest BCUT2D eigenvalue weighted by Gasteiger charge is -2.41. The van der Waals surface area contributed by atoms with Crippen molar-refractivity contribution in [2.45, 2.75) is 64.7 Å². The molecule has 3 aliphatic rings. The zero-order valence-electron chi connectivity index (χ0n) is 12.4. The molecule has 1 aliphatic heterocycles. The van der Waals surface area contributed by atoms with Crippen LogP contribution in [0.15, 0.2) is 0 Å². The molecule has 2 aliphatic carbocycles. The van der Waals surface area contributed by atoms with Crippen molar-refractivity contribution in [2.24, 2.45) is 23.7 Å². The molecule has 0 unspecified atom stereocenters. The van der Waals surface area contributed by atoms with Gasteiger partial charge in [0.1, 0.15) is 0 Å². The van der Waals surface area contributed by atoms with E-state index in [4.69, 9.17) is 0 Å². The highest BCUT2D eigenvalue weighted by atomic mass is 32.2.